The molecule has 1 N–H and O–H groups in total. The largest absolute Gasteiger partial charge is 2.00 e. The fourth-order valence-electron chi connectivity index (χ4n) is 0.935. The number of hydrogen-bond acceptors (Lipinski definition) is 5. The number of rotatable bonds is 6. The fraction of sp³-hybridized carbons (Fsp3) is 0.571. The standard InChI is InChI=1S/C7H10O6.Mg/c8-5(9)1-4(2-6(10)11)3-7(12)13;/h4H,1-3H2,(H,8,9)(H,10,11)(H,12,13);/q;+2/p-2. The zero-order valence-corrected chi connectivity index (χ0v) is 8.81. The molecule has 0 aromatic heterocycles. The van der Waals surface area contributed by atoms with Crippen LogP contribution in [0.1, 0.15) is 19.3 Å². The average Bonchev–Trinajstić information content (AvgIpc) is 1.80. The number of aliphatic carboxylic acids is 3. The summed E-state index contributed by atoms with van der Waals surface area (Å²) in [6, 6.07) is 0. The van der Waals surface area contributed by atoms with Crippen LogP contribution in [-0.2, 0) is 14.4 Å². The van der Waals surface area contributed by atoms with Crippen LogP contribution >= 0.6 is 0 Å². The maximum absolute atomic E-state index is 10.1. The topological polar surface area (TPSA) is 118 Å². The van der Waals surface area contributed by atoms with Gasteiger partial charge in [-0.05, 0) is 18.8 Å². The summed E-state index contributed by atoms with van der Waals surface area (Å²) in [5.74, 6) is -5.14. The molecule has 6 nitrogen and oxygen atoms in total. The first-order chi connectivity index (χ1) is 5.91. The molecule has 0 spiro atoms. The molecule has 0 bridgehead atoms. The summed E-state index contributed by atoms with van der Waals surface area (Å²) in [6.07, 6.45) is -1.68. The van der Waals surface area contributed by atoms with Crippen molar-refractivity contribution in [1.29, 1.82) is 0 Å². The normalized spacial score (nSPS) is 9.21. The Morgan fingerprint density at radius 2 is 1.36 bits per heavy atom. The first kappa shape index (κ1) is 15.6. The van der Waals surface area contributed by atoms with Crippen molar-refractivity contribution in [1.82, 2.24) is 0 Å². The van der Waals surface area contributed by atoms with Crippen LogP contribution in [0, 0.1) is 5.92 Å². The number of carboxylic acids is 3. The van der Waals surface area contributed by atoms with Gasteiger partial charge in [-0.3, -0.25) is 4.79 Å². The van der Waals surface area contributed by atoms with Gasteiger partial charge in [0.05, 0.1) is 0 Å². The minimum atomic E-state index is -1.47. The van der Waals surface area contributed by atoms with Gasteiger partial charge in [0.2, 0.25) is 0 Å². The maximum Gasteiger partial charge on any atom is 2.00 e. The Hall–Kier alpha value is -0.824. The molecule has 0 heterocycles. The fourth-order valence-corrected chi connectivity index (χ4v) is 0.935. The summed E-state index contributed by atoms with van der Waals surface area (Å²) in [7, 11) is 0. The van der Waals surface area contributed by atoms with E-state index in [0.717, 1.165) is 0 Å². The first-order valence-corrected chi connectivity index (χ1v) is 3.53. The van der Waals surface area contributed by atoms with Crippen molar-refractivity contribution in [3.63, 3.8) is 0 Å². The van der Waals surface area contributed by atoms with E-state index >= 15 is 0 Å². The zero-order valence-electron chi connectivity index (χ0n) is 7.39. The molecule has 0 amide bonds. The SMILES string of the molecule is O=C([O-])CC(CC(=O)[O-])CC(=O)O.[Mg+2]. The van der Waals surface area contributed by atoms with Gasteiger partial charge in [-0.15, -0.1) is 0 Å². The van der Waals surface area contributed by atoms with E-state index in [4.69, 9.17) is 5.11 Å². The van der Waals surface area contributed by atoms with Crippen molar-refractivity contribution in [2.24, 2.45) is 5.92 Å². The third kappa shape index (κ3) is 9.27. The Kier molecular flexibility index (Phi) is 8.45. The monoisotopic (exact) mass is 212 g/mol. The van der Waals surface area contributed by atoms with Gasteiger partial charge in [-0.2, -0.15) is 0 Å². The molecule has 0 aliphatic heterocycles. The predicted molar refractivity (Wildman–Crippen MR) is 40.7 cm³/mol. The summed E-state index contributed by atoms with van der Waals surface area (Å²) >= 11 is 0. The average molecular weight is 212 g/mol. The third-order valence-corrected chi connectivity index (χ3v) is 1.37. The van der Waals surface area contributed by atoms with Crippen molar-refractivity contribution in [3.05, 3.63) is 0 Å². The van der Waals surface area contributed by atoms with E-state index in [1.165, 1.54) is 0 Å². The van der Waals surface area contributed by atoms with Crippen LogP contribution < -0.4 is 10.2 Å². The number of carbonyl (C=O) groups excluding carboxylic acids is 2. The van der Waals surface area contributed by atoms with Gasteiger partial charge in [0, 0.05) is 18.4 Å². The molecule has 0 fully saturated rings. The first-order valence-electron chi connectivity index (χ1n) is 3.53. The van der Waals surface area contributed by atoms with Crippen molar-refractivity contribution in [2.45, 2.75) is 19.3 Å². The molecule has 14 heavy (non-hydrogen) atoms. The van der Waals surface area contributed by atoms with E-state index in [1.807, 2.05) is 0 Å². The van der Waals surface area contributed by atoms with Crippen LogP contribution in [0.5, 0.6) is 0 Å². The van der Waals surface area contributed by atoms with E-state index in [-0.39, 0.29) is 23.1 Å². The van der Waals surface area contributed by atoms with Crippen molar-refractivity contribution >= 4 is 41.0 Å². The predicted octanol–water partition coefficient (Wildman–Crippen LogP) is -3.02. The summed E-state index contributed by atoms with van der Waals surface area (Å²) in [5.41, 5.74) is 0. The van der Waals surface area contributed by atoms with Crippen LogP contribution in [-0.4, -0.2) is 46.1 Å². The Labute approximate surface area is 96.1 Å². The Balaban J connectivity index is 0. The van der Waals surface area contributed by atoms with Gasteiger partial charge in [-0.25, -0.2) is 0 Å². The van der Waals surface area contributed by atoms with E-state index in [1.54, 1.807) is 0 Å². The Morgan fingerprint density at radius 3 is 1.57 bits per heavy atom. The van der Waals surface area contributed by atoms with Crippen molar-refractivity contribution in [3.8, 4) is 0 Å². The second-order valence-corrected chi connectivity index (χ2v) is 2.62. The van der Waals surface area contributed by atoms with Crippen molar-refractivity contribution < 1.29 is 29.7 Å². The number of carbonyl (C=O) groups is 3. The molecule has 7 heteroatoms. The minimum Gasteiger partial charge on any atom is -0.550 e. The molecule has 0 aromatic carbocycles. The molecule has 0 aliphatic rings. The molecule has 0 atom stereocenters. The maximum atomic E-state index is 10.1. The third-order valence-electron chi connectivity index (χ3n) is 1.37. The van der Waals surface area contributed by atoms with Gasteiger partial charge < -0.3 is 24.9 Å². The summed E-state index contributed by atoms with van der Waals surface area (Å²) in [5, 5.41) is 28.4. The van der Waals surface area contributed by atoms with Crippen LogP contribution in [0.3, 0.4) is 0 Å². The summed E-state index contributed by atoms with van der Waals surface area (Å²) < 4.78 is 0. The van der Waals surface area contributed by atoms with Crippen LogP contribution in [0.25, 0.3) is 0 Å². The van der Waals surface area contributed by atoms with Gasteiger partial charge in [0.1, 0.15) is 0 Å². The number of carboxylic acid groups (broad SMARTS) is 3. The second-order valence-electron chi connectivity index (χ2n) is 2.62. The van der Waals surface area contributed by atoms with Gasteiger partial charge in [0.25, 0.3) is 0 Å². The summed E-state index contributed by atoms with van der Waals surface area (Å²) in [6.45, 7) is 0. The zero-order chi connectivity index (χ0) is 10.4. The molecule has 0 saturated carbocycles. The van der Waals surface area contributed by atoms with Crippen LogP contribution in [0.2, 0.25) is 0 Å². The minimum absolute atomic E-state index is 0. The second kappa shape index (κ2) is 7.57. The van der Waals surface area contributed by atoms with Gasteiger partial charge >= 0.3 is 29.0 Å². The van der Waals surface area contributed by atoms with Crippen LogP contribution in [0.15, 0.2) is 0 Å². The van der Waals surface area contributed by atoms with Crippen molar-refractivity contribution in [2.75, 3.05) is 0 Å². The number of hydrogen-bond donors (Lipinski definition) is 1. The molecule has 0 rings (SSSR count). The summed E-state index contributed by atoms with van der Waals surface area (Å²) in [4.78, 5) is 30.3. The van der Waals surface area contributed by atoms with E-state index in [9.17, 15) is 24.6 Å². The molecule has 0 unspecified atom stereocenters. The molecule has 0 aliphatic carbocycles. The molecule has 0 radical (unpaired) electrons. The Bertz CT molecular complexity index is 188. The quantitative estimate of drug-likeness (QED) is 0.468. The van der Waals surface area contributed by atoms with Gasteiger partial charge in [0.15, 0.2) is 0 Å². The van der Waals surface area contributed by atoms with E-state index in [2.05, 4.69) is 0 Å². The smallest absolute Gasteiger partial charge is 0.550 e. The molecular formula is C7H8MgO6. The molecule has 0 aromatic rings. The Morgan fingerprint density at radius 1 is 1.00 bits per heavy atom. The van der Waals surface area contributed by atoms with Gasteiger partial charge in [-0.1, -0.05) is 0 Å². The molecular weight excluding hydrogens is 204 g/mol. The van der Waals surface area contributed by atoms with Crippen LogP contribution in [0.4, 0.5) is 0 Å². The van der Waals surface area contributed by atoms with E-state index in [0.29, 0.717) is 0 Å². The molecule has 0 saturated heterocycles. The molecule has 74 valence electrons. The van der Waals surface area contributed by atoms with E-state index < -0.39 is 43.1 Å².